The van der Waals surface area contributed by atoms with E-state index in [1.54, 1.807) is 60.8 Å². The van der Waals surface area contributed by atoms with Crippen molar-refractivity contribution in [3.8, 4) is 28.7 Å². The van der Waals surface area contributed by atoms with Gasteiger partial charge >= 0.3 is 5.97 Å². The molecular weight excluding hydrogens is 540 g/mol. The molecule has 1 aliphatic rings. The number of aromatic nitrogens is 1. The van der Waals surface area contributed by atoms with Crippen LogP contribution in [0.2, 0.25) is 0 Å². The Morgan fingerprint density at radius 1 is 1.02 bits per heavy atom. The first-order valence-electron chi connectivity index (χ1n) is 13.6. The van der Waals surface area contributed by atoms with Gasteiger partial charge in [0.05, 0.1) is 5.56 Å². The van der Waals surface area contributed by atoms with Crippen molar-refractivity contribution in [3.05, 3.63) is 113 Å². The van der Waals surface area contributed by atoms with Crippen LogP contribution in [-0.2, 0) is 31.2 Å². The van der Waals surface area contributed by atoms with E-state index in [0.29, 0.717) is 64.4 Å². The molecule has 4 aromatic rings. The van der Waals surface area contributed by atoms with E-state index in [1.807, 2.05) is 11.0 Å². The average molecular weight is 570 g/mol. The van der Waals surface area contributed by atoms with Crippen LogP contribution in [0.5, 0.6) is 11.5 Å². The molecular formula is C33H29F2N3O4. The van der Waals surface area contributed by atoms with E-state index >= 15 is 0 Å². The largest absolute Gasteiger partial charge is 0.489 e. The van der Waals surface area contributed by atoms with Crippen molar-refractivity contribution in [1.29, 1.82) is 5.26 Å². The van der Waals surface area contributed by atoms with Crippen molar-refractivity contribution < 1.29 is 28.2 Å². The first-order chi connectivity index (χ1) is 20.5. The second kappa shape index (κ2) is 13.2. The highest BCUT2D eigenvalue weighted by atomic mass is 19.1. The Labute approximate surface area is 242 Å². The second-order valence-electron chi connectivity index (χ2n) is 10.1. The molecule has 9 heteroatoms. The fraction of sp³-hybridized carbons (Fsp3) is 0.242. The van der Waals surface area contributed by atoms with E-state index in [2.05, 4.69) is 11.1 Å². The lowest BCUT2D eigenvalue weighted by Gasteiger charge is -2.23. The lowest BCUT2D eigenvalue weighted by atomic mass is 9.96. The smallest absolute Gasteiger partial charge is 0.320 e. The number of pyridine rings is 1. The molecule has 0 spiro atoms. The summed E-state index contributed by atoms with van der Waals surface area (Å²) in [6, 6.07) is 20.0. The standard InChI is InChI=1S/C33H29F2N3O4/c34-15-29-25(5-3-7-27(29)28-6-1-2-8-30(28)35)21-41-26-11-10-24(19-38-12-4-9-31(38)33(39)40)32(14-26)42-20-23-13-22(16-36)17-37-18-23/h1-3,5-8,10-11,13-14,17-18,31H,4,9,12,15,19-21H2,(H,39,40)/t31-/m0/s1. The summed E-state index contributed by atoms with van der Waals surface area (Å²) in [6.45, 7) is 0.430. The van der Waals surface area contributed by atoms with Gasteiger partial charge in [-0.25, -0.2) is 8.78 Å². The number of alkyl halides is 1. The molecule has 0 radical (unpaired) electrons. The van der Waals surface area contributed by atoms with Crippen LogP contribution in [0.1, 0.15) is 40.7 Å². The van der Waals surface area contributed by atoms with Gasteiger partial charge in [-0.2, -0.15) is 5.26 Å². The maximum absolute atomic E-state index is 14.5. The van der Waals surface area contributed by atoms with Gasteiger partial charge in [-0.3, -0.25) is 14.7 Å². The van der Waals surface area contributed by atoms with Gasteiger partial charge in [0, 0.05) is 41.7 Å². The first-order valence-corrected chi connectivity index (χ1v) is 13.6. The maximum atomic E-state index is 14.5. The highest BCUT2D eigenvalue weighted by molar-refractivity contribution is 5.73. The summed E-state index contributed by atoms with van der Waals surface area (Å²) < 4.78 is 40.9. The molecule has 1 atom stereocenters. The quantitative estimate of drug-likeness (QED) is 0.222. The molecule has 214 valence electrons. The lowest BCUT2D eigenvalue weighted by molar-refractivity contribution is -0.142. The number of benzene rings is 3. The van der Waals surface area contributed by atoms with Gasteiger partial charge in [0.15, 0.2) is 0 Å². The molecule has 7 nitrogen and oxygen atoms in total. The molecule has 5 rings (SSSR count). The predicted octanol–water partition coefficient (Wildman–Crippen LogP) is 6.44. The zero-order valence-electron chi connectivity index (χ0n) is 22.8. The maximum Gasteiger partial charge on any atom is 0.320 e. The van der Waals surface area contributed by atoms with Gasteiger partial charge in [0.25, 0.3) is 0 Å². The van der Waals surface area contributed by atoms with E-state index < -0.39 is 24.5 Å². The Morgan fingerprint density at radius 3 is 2.64 bits per heavy atom. The van der Waals surface area contributed by atoms with Crippen LogP contribution in [-0.4, -0.2) is 33.5 Å². The van der Waals surface area contributed by atoms with E-state index in [1.165, 1.54) is 12.3 Å². The van der Waals surface area contributed by atoms with Gasteiger partial charge < -0.3 is 14.6 Å². The third kappa shape index (κ3) is 6.56. The number of halogens is 2. The summed E-state index contributed by atoms with van der Waals surface area (Å²) in [5, 5.41) is 18.8. The zero-order chi connectivity index (χ0) is 29.5. The van der Waals surface area contributed by atoms with Crippen LogP contribution in [0.3, 0.4) is 0 Å². The van der Waals surface area contributed by atoms with Crippen molar-refractivity contribution in [3.63, 3.8) is 0 Å². The van der Waals surface area contributed by atoms with Crippen LogP contribution in [0.25, 0.3) is 11.1 Å². The Kier molecular flexibility index (Phi) is 9.05. The number of ether oxygens (including phenoxy) is 2. The molecule has 0 amide bonds. The highest BCUT2D eigenvalue weighted by Gasteiger charge is 2.31. The minimum Gasteiger partial charge on any atom is -0.489 e. The molecule has 0 unspecified atom stereocenters. The van der Waals surface area contributed by atoms with Gasteiger partial charge in [0.2, 0.25) is 0 Å². The van der Waals surface area contributed by atoms with Crippen molar-refractivity contribution in [1.82, 2.24) is 9.88 Å². The summed E-state index contributed by atoms with van der Waals surface area (Å²) in [6.07, 6.45) is 4.46. The molecule has 1 saturated heterocycles. The highest BCUT2D eigenvalue weighted by Crippen LogP contribution is 2.32. The van der Waals surface area contributed by atoms with E-state index in [0.717, 1.165) is 12.0 Å². The van der Waals surface area contributed by atoms with Crippen LogP contribution in [0.4, 0.5) is 8.78 Å². The summed E-state index contributed by atoms with van der Waals surface area (Å²) >= 11 is 0. The van der Waals surface area contributed by atoms with Gasteiger partial charge in [0.1, 0.15) is 49.3 Å². The van der Waals surface area contributed by atoms with E-state index in [9.17, 15) is 23.9 Å². The molecule has 0 bridgehead atoms. The van der Waals surface area contributed by atoms with Crippen molar-refractivity contribution in [2.24, 2.45) is 0 Å². The molecule has 2 heterocycles. The fourth-order valence-corrected chi connectivity index (χ4v) is 5.21. The van der Waals surface area contributed by atoms with Crippen LogP contribution < -0.4 is 9.47 Å². The van der Waals surface area contributed by atoms with Crippen molar-refractivity contribution in [2.45, 2.75) is 45.3 Å². The Balaban J connectivity index is 1.39. The topological polar surface area (TPSA) is 95.7 Å². The monoisotopic (exact) mass is 569 g/mol. The molecule has 1 aromatic heterocycles. The number of hydrogen-bond acceptors (Lipinski definition) is 6. The van der Waals surface area contributed by atoms with Crippen LogP contribution in [0.15, 0.2) is 79.1 Å². The van der Waals surface area contributed by atoms with E-state index in [-0.39, 0.29) is 13.2 Å². The summed E-state index contributed by atoms with van der Waals surface area (Å²) in [7, 11) is 0. The van der Waals surface area contributed by atoms with Crippen LogP contribution >= 0.6 is 0 Å². The molecule has 0 aliphatic carbocycles. The Bertz CT molecular complexity index is 1620. The lowest BCUT2D eigenvalue weighted by Crippen LogP contribution is -2.35. The first kappa shape index (κ1) is 28.7. The SMILES string of the molecule is N#Cc1cncc(COc2cc(OCc3cccc(-c4ccccc4F)c3CF)ccc2CN2CCC[C@H]2C(=O)O)c1. The third-order valence-corrected chi connectivity index (χ3v) is 7.34. The number of carboxylic acid groups (broad SMARTS) is 1. The number of nitriles is 1. The number of nitrogens with zero attached hydrogens (tertiary/aromatic N) is 3. The molecule has 3 aromatic carbocycles. The summed E-state index contributed by atoms with van der Waals surface area (Å²) in [4.78, 5) is 17.7. The third-order valence-electron chi connectivity index (χ3n) is 7.34. The molecule has 0 saturated carbocycles. The van der Waals surface area contributed by atoms with Crippen molar-refractivity contribution >= 4 is 5.97 Å². The summed E-state index contributed by atoms with van der Waals surface area (Å²) in [5.74, 6) is -0.316. The molecule has 1 N–H and O–H groups in total. The summed E-state index contributed by atoms with van der Waals surface area (Å²) in [5.41, 5.74) is 3.64. The number of rotatable bonds is 11. The number of likely N-dealkylation sites (tertiary alicyclic amines) is 1. The molecule has 1 aliphatic heterocycles. The number of hydrogen-bond donors (Lipinski definition) is 1. The van der Waals surface area contributed by atoms with Gasteiger partial charge in [-0.05, 0) is 54.3 Å². The minimum atomic E-state index is -0.851. The van der Waals surface area contributed by atoms with E-state index in [4.69, 9.17) is 9.47 Å². The van der Waals surface area contributed by atoms with Crippen molar-refractivity contribution in [2.75, 3.05) is 6.54 Å². The van der Waals surface area contributed by atoms with Gasteiger partial charge in [-0.1, -0.05) is 42.5 Å². The number of carbonyl (C=O) groups is 1. The fourth-order valence-electron chi connectivity index (χ4n) is 5.21. The Hall–Kier alpha value is -4.81. The minimum absolute atomic E-state index is 0.0433. The Morgan fingerprint density at radius 2 is 1.86 bits per heavy atom. The predicted molar refractivity (Wildman–Crippen MR) is 152 cm³/mol. The normalized spacial score (nSPS) is 14.8. The zero-order valence-corrected chi connectivity index (χ0v) is 22.8. The second-order valence-corrected chi connectivity index (χ2v) is 10.1. The molecule has 1 fully saturated rings. The molecule has 42 heavy (non-hydrogen) atoms. The number of carboxylic acids is 1. The number of aliphatic carboxylic acids is 1. The van der Waals surface area contributed by atoms with Crippen LogP contribution in [0, 0.1) is 17.1 Å². The van der Waals surface area contributed by atoms with Gasteiger partial charge in [-0.15, -0.1) is 0 Å². The average Bonchev–Trinajstić information content (AvgIpc) is 3.48.